The maximum atomic E-state index is 13.9. The number of rotatable bonds is 13. The van der Waals surface area contributed by atoms with E-state index < -0.39 is 35.6 Å². The molecule has 3 unspecified atom stereocenters. The number of benzene rings is 1. The molecule has 1 rings (SSSR count). The molecule has 9 heteroatoms. The summed E-state index contributed by atoms with van der Waals surface area (Å²) < 4.78 is 5.33. The molecule has 4 N–H and O–H groups in total. The minimum atomic E-state index is -1.14. The first-order valence-electron chi connectivity index (χ1n) is 12.8. The van der Waals surface area contributed by atoms with Crippen molar-refractivity contribution >= 4 is 23.8 Å². The number of primary amides is 1. The molecule has 1 aromatic carbocycles. The van der Waals surface area contributed by atoms with E-state index in [-0.39, 0.29) is 31.3 Å². The van der Waals surface area contributed by atoms with E-state index in [1.807, 2.05) is 45.9 Å². The van der Waals surface area contributed by atoms with Gasteiger partial charge in [0.15, 0.2) is 0 Å². The monoisotopic (exact) mass is 516 g/mol. The predicted molar refractivity (Wildman–Crippen MR) is 145 cm³/mol. The third-order valence-electron chi connectivity index (χ3n) is 5.79. The van der Waals surface area contributed by atoms with Gasteiger partial charge in [-0.2, -0.15) is 0 Å². The summed E-state index contributed by atoms with van der Waals surface area (Å²) in [6.45, 7) is 16.8. The maximum Gasteiger partial charge on any atom is 0.408 e. The van der Waals surface area contributed by atoms with Gasteiger partial charge in [-0.25, -0.2) is 4.79 Å². The average molecular weight is 517 g/mol. The summed E-state index contributed by atoms with van der Waals surface area (Å²) >= 11 is 0. The number of ether oxygens (including phenoxy) is 1. The number of aryl methyl sites for hydroxylation is 2. The Balaban J connectivity index is 3.50. The summed E-state index contributed by atoms with van der Waals surface area (Å²) in [5.74, 6) is -1.50. The third-order valence-corrected chi connectivity index (χ3v) is 5.79. The molecule has 9 nitrogen and oxygen atoms in total. The van der Waals surface area contributed by atoms with E-state index in [2.05, 4.69) is 17.2 Å². The van der Waals surface area contributed by atoms with Crippen molar-refractivity contribution in [2.45, 2.75) is 97.9 Å². The molecule has 206 valence electrons. The van der Waals surface area contributed by atoms with Crippen molar-refractivity contribution in [3.8, 4) is 0 Å². The van der Waals surface area contributed by atoms with E-state index in [1.54, 1.807) is 20.8 Å². The van der Waals surface area contributed by atoms with Crippen LogP contribution in [0.4, 0.5) is 4.79 Å². The SMILES string of the molecule is C=CCN(C(=O)C(CCC(N)=O)NC(=O)OC(C)(C)C)C(C(=O)NC(C)CCC)c1ccc(C)c(C)c1. The fourth-order valence-electron chi connectivity index (χ4n) is 3.89. The zero-order valence-electron chi connectivity index (χ0n) is 23.3. The lowest BCUT2D eigenvalue weighted by Crippen LogP contribution is -2.53. The van der Waals surface area contributed by atoms with E-state index in [0.29, 0.717) is 5.56 Å². The highest BCUT2D eigenvalue weighted by Crippen LogP contribution is 2.26. The number of carbonyl (C=O) groups is 4. The van der Waals surface area contributed by atoms with Crippen molar-refractivity contribution in [3.63, 3.8) is 0 Å². The molecule has 0 aliphatic carbocycles. The summed E-state index contributed by atoms with van der Waals surface area (Å²) in [6.07, 6.45) is 2.20. The summed E-state index contributed by atoms with van der Waals surface area (Å²) in [7, 11) is 0. The van der Waals surface area contributed by atoms with Gasteiger partial charge in [0.25, 0.3) is 0 Å². The highest BCUT2D eigenvalue weighted by Gasteiger charge is 2.36. The van der Waals surface area contributed by atoms with Gasteiger partial charge in [-0.05, 0) is 71.1 Å². The average Bonchev–Trinajstić information content (AvgIpc) is 2.76. The van der Waals surface area contributed by atoms with E-state index in [0.717, 1.165) is 24.0 Å². The second kappa shape index (κ2) is 14.4. The summed E-state index contributed by atoms with van der Waals surface area (Å²) in [4.78, 5) is 53.0. The van der Waals surface area contributed by atoms with Crippen LogP contribution in [-0.2, 0) is 19.1 Å². The first-order valence-corrected chi connectivity index (χ1v) is 12.8. The molecule has 0 fully saturated rings. The van der Waals surface area contributed by atoms with Gasteiger partial charge in [-0.15, -0.1) is 6.58 Å². The maximum absolute atomic E-state index is 13.9. The number of carbonyl (C=O) groups excluding carboxylic acids is 4. The standard InChI is InChI=1S/C28H44N4O5/c1-9-11-20(5)30-25(34)24(21-13-12-18(3)19(4)17-21)32(16-10-2)26(35)22(14-15-23(29)33)31-27(36)37-28(6,7)8/h10,12-13,17,20,22,24H,2,9,11,14-16H2,1,3-8H3,(H2,29,33)(H,30,34)(H,31,36). The Labute approximate surface area is 221 Å². The molecule has 0 heterocycles. The summed E-state index contributed by atoms with van der Waals surface area (Å²) in [6, 6.07) is 3.38. The zero-order valence-corrected chi connectivity index (χ0v) is 23.3. The van der Waals surface area contributed by atoms with Crippen LogP contribution in [0, 0.1) is 13.8 Å². The molecule has 3 atom stereocenters. The molecule has 0 spiro atoms. The molecule has 0 aliphatic heterocycles. The molecule has 0 aromatic heterocycles. The number of hydrogen-bond donors (Lipinski definition) is 3. The van der Waals surface area contributed by atoms with E-state index in [1.165, 1.54) is 11.0 Å². The van der Waals surface area contributed by atoms with Crippen molar-refractivity contribution in [2.75, 3.05) is 6.54 Å². The fraction of sp³-hybridized carbons (Fsp3) is 0.571. The molecule has 37 heavy (non-hydrogen) atoms. The predicted octanol–water partition coefficient (Wildman–Crippen LogP) is 3.82. The van der Waals surface area contributed by atoms with Crippen molar-refractivity contribution < 1.29 is 23.9 Å². The minimum absolute atomic E-state index is 0.0368. The zero-order chi connectivity index (χ0) is 28.3. The molecule has 0 aliphatic rings. The van der Waals surface area contributed by atoms with Gasteiger partial charge in [0.05, 0.1) is 0 Å². The molecule has 0 saturated carbocycles. The molecule has 1 aromatic rings. The molecular formula is C28H44N4O5. The topological polar surface area (TPSA) is 131 Å². The lowest BCUT2D eigenvalue weighted by Gasteiger charge is -2.34. The number of hydrogen-bond acceptors (Lipinski definition) is 5. The number of nitrogens with one attached hydrogen (secondary N) is 2. The van der Waals surface area contributed by atoms with Crippen LogP contribution >= 0.6 is 0 Å². The Bertz CT molecular complexity index is 970. The number of alkyl carbamates (subject to hydrolysis) is 1. The Kier molecular flexibility index (Phi) is 12.3. The quantitative estimate of drug-likeness (QED) is 0.343. The number of amides is 4. The molecule has 0 bridgehead atoms. The van der Waals surface area contributed by atoms with Crippen LogP contribution in [0.15, 0.2) is 30.9 Å². The minimum Gasteiger partial charge on any atom is -0.444 e. The second-order valence-corrected chi connectivity index (χ2v) is 10.4. The van der Waals surface area contributed by atoms with Gasteiger partial charge in [-0.1, -0.05) is 37.6 Å². The van der Waals surface area contributed by atoms with Crippen molar-refractivity contribution in [1.29, 1.82) is 0 Å². The Morgan fingerprint density at radius 3 is 2.27 bits per heavy atom. The van der Waals surface area contributed by atoms with Crippen LogP contribution in [0.2, 0.25) is 0 Å². The first-order chi connectivity index (χ1) is 17.2. The molecule has 0 saturated heterocycles. The van der Waals surface area contributed by atoms with Gasteiger partial charge in [0.2, 0.25) is 17.7 Å². The molecule has 4 amide bonds. The van der Waals surface area contributed by atoms with Gasteiger partial charge >= 0.3 is 6.09 Å². The normalized spacial score (nSPS) is 13.6. The van der Waals surface area contributed by atoms with Crippen molar-refractivity contribution in [2.24, 2.45) is 5.73 Å². The number of nitrogens with two attached hydrogens (primary N) is 1. The van der Waals surface area contributed by atoms with E-state index in [4.69, 9.17) is 10.5 Å². The van der Waals surface area contributed by atoms with Crippen LogP contribution in [0.1, 0.15) is 83.0 Å². The van der Waals surface area contributed by atoms with Crippen LogP contribution in [0.3, 0.4) is 0 Å². The van der Waals surface area contributed by atoms with Gasteiger partial charge in [-0.3, -0.25) is 14.4 Å². The highest BCUT2D eigenvalue weighted by molar-refractivity contribution is 5.92. The second-order valence-electron chi connectivity index (χ2n) is 10.4. The molecular weight excluding hydrogens is 472 g/mol. The molecule has 0 radical (unpaired) electrons. The van der Waals surface area contributed by atoms with Crippen molar-refractivity contribution in [3.05, 3.63) is 47.5 Å². The van der Waals surface area contributed by atoms with Gasteiger partial charge in [0.1, 0.15) is 17.7 Å². The lowest BCUT2D eigenvalue weighted by atomic mass is 9.97. The smallest absolute Gasteiger partial charge is 0.408 e. The largest absolute Gasteiger partial charge is 0.444 e. The van der Waals surface area contributed by atoms with Gasteiger partial charge < -0.3 is 26.0 Å². The Morgan fingerprint density at radius 2 is 1.76 bits per heavy atom. The third kappa shape index (κ3) is 10.7. The summed E-state index contributed by atoms with van der Waals surface area (Å²) in [5, 5.41) is 5.58. The number of nitrogens with zero attached hydrogens (tertiary/aromatic N) is 1. The van der Waals surface area contributed by atoms with E-state index >= 15 is 0 Å². The van der Waals surface area contributed by atoms with Crippen LogP contribution in [-0.4, -0.2) is 52.9 Å². The summed E-state index contributed by atoms with van der Waals surface area (Å²) in [5.41, 5.74) is 7.19. The first kappa shape index (κ1) is 31.7. The lowest BCUT2D eigenvalue weighted by molar-refractivity contribution is -0.142. The fourth-order valence-corrected chi connectivity index (χ4v) is 3.89. The Morgan fingerprint density at radius 1 is 1.11 bits per heavy atom. The van der Waals surface area contributed by atoms with Crippen LogP contribution in [0.5, 0.6) is 0 Å². The van der Waals surface area contributed by atoms with Crippen LogP contribution in [0.25, 0.3) is 0 Å². The Hall–Kier alpha value is -3.36. The van der Waals surface area contributed by atoms with Crippen molar-refractivity contribution in [1.82, 2.24) is 15.5 Å². The van der Waals surface area contributed by atoms with Gasteiger partial charge in [0, 0.05) is 19.0 Å². The highest BCUT2D eigenvalue weighted by atomic mass is 16.6. The van der Waals surface area contributed by atoms with E-state index in [9.17, 15) is 19.2 Å². The van der Waals surface area contributed by atoms with Crippen LogP contribution < -0.4 is 16.4 Å².